The van der Waals surface area contributed by atoms with Crippen molar-refractivity contribution in [1.82, 2.24) is 0 Å². The molecule has 3 nitrogen and oxygen atoms in total. The maximum absolute atomic E-state index is 13.3. The topological polar surface area (TPSA) is 43.4 Å². The van der Waals surface area contributed by atoms with E-state index >= 15 is 0 Å². The van der Waals surface area contributed by atoms with Crippen molar-refractivity contribution in [2.24, 2.45) is 0 Å². The molecule has 0 atom stereocenters. The highest BCUT2D eigenvalue weighted by atomic mass is 32.2. The van der Waals surface area contributed by atoms with Crippen molar-refractivity contribution in [1.29, 1.82) is 0 Å². The Morgan fingerprint density at radius 1 is 0.952 bits per heavy atom. The van der Waals surface area contributed by atoms with Crippen LogP contribution in [0.15, 0.2) is 52.8 Å². The molecule has 0 unspecified atom stereocenters. The minimum atomic E-state index is -3.55. The zero-order valence-electron chi connectivity index (χ0n) is 10.7. The predicted molar refractivity (Wildman–Crippen MR) is 73.5 cm³/mol. The van der Waals surface area contributed by atoms with Gasteiger partial charge in [0, 0.05) is 16.5 Å². The summed E-state index contributed by atoms with van der Waals surface area (Å²) < 4.78 is 55.3. The third-order valence-corrected chi connectivity index (χ3v) is 4.66. The Kier molecular flexibility index (Phi) is 3.25. The van der Waals surface area contributed by atoms with Crippen LogP contribution in [0.1, 0.15) is 5.56 Å². The van der Waals surface area contributed by atoms with E-state index in [0.29, 0.717) is 16.9 Å². The van der Waals surface area contributed by atoms with E-state index in [1.165, 1.54) is 36.4 Å². The third kappa shape index (κ3) is 2.67. The van der Waals surface area contributed by atoms with Gasteiger partial charge in [-0.3, -0.25) is 0 Å². The Morgan fingerprint density at radius 2 is 1.62 bits per heavy atom. The Bertz CT molecular complexity index is 824. The summed E-state index contributed by atoms with van der Waals surface area (Å²) in [7, 11) is -3.55. The lowest BCUT2D eigenvalue weighted by molar-refractivity contribution is 0.369. The van der Waals surface area contributed by atoms with Gasteiger partial charge in [0.1, 0.15) is 24.0 Å². The summed E-state index contributed by atoms with van der Waals surface area (Å²) in [5.74, 6) is -0.504. The fourth-order valence-electron chi connectivity index (χ4n) is 2.12. The zero-order valence-corrected chi connectivity index (χ0v) is 11.5. The second-order valence-corrected chi connectivity index (χ2v) is 6.34. The molecule has 21 heavy (non-hydrogen) atoms. The molecule has 1 aliphatic heterocycles. The third-order valence-electron chi connectivity index (χ3n) is 3.10. The molecule has 2 aromatic rings. The van der Waals surface area contributed by atoms with E-state index in [4.69, 9.17) is 4.74 Å². The van der Waals surface area contributed by atoms with Crippen molar-refractivity contribution in [2.45, 2.75) is 4.90 Å². The van der Waals surface area contributed by atoms with E-state index < -0.39 is 21.5 Å². The molecular formula is C15H10F2O3S. The molecule has 0 bridgehead atoms. The highest BCUT2D eigenvalue weighted by Gasteiger charge is 2.27. The quantitative estimate of drug-likeness (QED) is 0.818. The second kappa shape index (κ2) is 4.96. The summed E-state index contributed by atoms with van der Waals surface area (Å²) in [5, 5.41) is 1.07. The van der Waals surface area contributed by atoms with Gasteiger partial charge in [-0.15, -0.1) is 0 Å². The van der Waals surface area contributed by atoms with Crippen molar-refractivity contribution >= 4 is 15.4 Å². The highest BCUT2D eigenvalue weighted by molar-refractivity contribution is 7.95. The highest BCUT2D eigenvalue weighted by Crippen LogP contribution is 2.34. The summed E-state index contributed by atoms with van der Waals surface area (Å²) >= 11 is 0. The van der Waals surface area contributed by atoms with Gasteiger partial charge in [0.25, 0.3) is 0 Å². The van der Waals surface area contributed by atoms with Gasteiger partial charge < -0.3 is 4.74 Å². The minimum absolute atomic E-state index is 0.0404. The van der Waals surface area contributed by atoms with Crippen LogP contribution >= 0.6 is 0 Å². The van der Waals surface area contributed by atoms with Crippen LogP contribution in [0.5, 0.6) is 5.75 Å². The number of benzene rings is 2. The van der Waals surface area contributed by atoms with Crippen molar-refractivity contribution in [2.75, 3.05) is 6.61 Å². The first-order chi connectivity index (χ1) is 9.95. The standard InChI is InChI=1S/C15H10F2O3S/c16-11-1-4-13(5-2-11)20-8-10-9-21(18,19)15-6-3-12(17)7-14(10)15/h1-7,9H,8H2. The van der Waals surface area contributed by atoms with Crippen LogP contribution in [0.25, 0.3) is 5.57 Å². The SMILES string of the molecule is O=S1(=O)C=C(COc2ccc(F)cc2)c2cc(F)ccc21. The second-order valence-electron chi connectivity index (χ2n) is 4.57. The Labute approximate surface area is 120 Å². The van der Waals surface area contributed by atoms with Gasteiger partial charge in [0.2, 0.25) is 9.84 Å². The first-order valence-electron chi connectivity index (χ1n) is 6.10. The van der Waals surface area contributed by atoms with Crippen molar-refractivity contribution < 1.29 is 21.9 Å². The van der Waals surface area contributed by atoms with E-state index in [0.717, 1.165) is 11.5 Å². The summed E-state index contributed by atoms with van der Waals surface area (Å²) in [6.45, 7) is -0.0404. The maximum atomic E-state index is 13.3. The zero-order chi connectivity index (χ0) is 15.0. The van der Waals surface area contributed by atoms with Gasteiger partial charge in [-0.2, -0.15) is 0 Å². The first-order valence-corrected chi connectivity index (χ1v) is 7.64. The average Bonchev–Trinajstić information content (AvgIpc) is 2.69. The monoisotopic (exact) mass is 308 g/mol. The number of rotatable bonds is 3. The van der Waals surface area contributed by atoms with Gasteiger partial charge in [-0.1, -0.05) is 0 Å². The van der Waals surface area contributed by atoms with Crippen LogP contribution in [0.4, 0.5) is 8.78 Å². The lowest BCUT2D eigenvalue weighted by atomic mass is 10.1. The lowest BCUT2D eigenvalue weighted by Crippen LogP contribution is -2.00. The average molecular weight is 308 g/mol. The number of ether oxygens (including phenoxy) is 1. The number of halogens is 2. The first kappa shape index (κ1) is 13.8. The molecule has 0 saturated heterocycles. The van der Waals surface area contributed by atoms with Crippen LogP contribution < -0.4 is 4.74 Å². The van der Waals surface area contributed by atoms with E-state index in [-0.39, 0.29) is 11.5 Å². The fourth-order valence-corrected chi connectivity index (χ4v) is 3.57. The Morgan fingerprint density at radius 3 is 2.33 bits per heavy atom. The fraction of sp³-hybridized carbons (Fsp3) is 0.0667. The molecular weight excluding hydrogens is 298 g/mol. The van der Waals surface area contributed by atoms with Gasteiger partial charge in [0.15, 0.2) is 0 Å². The van der Waals surface area contributed by atoms with Crippen molar-refractivity contribution in [3.63, 3.8) is 0 Å². The molecule has 6 heteroatoms. The van der Waals surface area contributed by atoms with Crippen LogP contribution in [0, 0.1) is 11.6 Å². The normalized spacial score (nSPS) is 15.4. The van der Waals surface area contributed by atoms with Crippen molar-refractivity contribution in [3.05, 3.63) is 65.1 Å². The molecule has 0 aromatic heterocycles. The van der Waals surface area contributed by atoms with E-state index in [1.54, 1.807) is 0 Å². The van der Waals surface area contributed by atoms with Gasteiger partial charge in [-0.05, 0) is 42.5 Å². The lowest BCUT2D eigenvalue weighted by Gasteiger charge is -2.08. The molecule has 3 rings (SSSR count). The number of hydrogen-bond acceptors (Lipinski definition) is 3. The smallest absolute Gasteiger partial charge is 0.200 e. The Balaban J connectivity index is 1.87. The molecule has 0 aliphatic carbocycles. The van der Waals surface area contributed by atoms with Crippen LogP contribution in [-0.4, -0.2) is 15.0 Å². The molecule has 2 aromatic carbocycles. The molecule has 0 spiro atoms. The van der Waals surface area contributed by atoms with Crippen LogP contribution in [-0.2, 0) is 9.84 Å². The number of hydrogen-bond donors (Lipinski definition) is 0. The summed E-state index contributed by atoms with van der Waals surface area (Å²) in [5.41, 5.74) is 0.672. The van der Waals surface area contributed by atoms with E-state index in [2.05, 4.69) is 0 Å². The van der Waals surface area contributed by atoms with Crippen LogP contribution in [0.2, 0.25) is 0 Å². The summed E-state index contributed by atoms with van der Waals surface area (Å²) in [6.07, 6.45) is 0. The van der Waals surface area contributed by atoms with E-state index in [9.17, 15) is 17.2 Å². The predicted octanol–water partition coefficient (Wildman–Crippen LogP) is 3.17. The van der Waals surface area contributed by atoms with Gasteiger partial charge in [-0.25, -0.2) is 17.2 Å². The number of fused-ring (bicyclic) bond motifs is 1. The molecule has 0 saturated carbocycles. The molecule has 0 radical (unpaired) electrons. The summed E-state index contributed by atoms with van der Waals surface area (Å²) in [4.78, 5) is 0.0709. The molecule has 0 amide bonds. The van der Waals surface area contributed by atoms with Crippen LogP contribution in [0.3, 0.4) is 0 Å². The molecule has 108 valence electrons. The largest absolute Gasteiger partial charge is 0.489 e. The van der Waals surface area contributed by atoms with Gasteiger partial charge >= 0.3 is 0 Å². The number of sulfone groups is 1. The maximum Gasteiger partial charge on any atom is 0.200 e. The molecule has 1 heterocycles. The molecule has 0 N–H and O–H groups in total. The van der Waals surface area contributed by atoms with Gasteiger partial charge in [0.05, 0.1) is 4.90 Å². The minimum Gasteiger partial charge on any atom is -0.489 e. The molecule has 1 aliphatic rings. The summed E-state index contributed by atoms with van der Waals surface area (Å²) in [6, 6.07) is 8.86. The molecule has 0 fully saturated rings. The Hall–Kier alpha value is -2.21. The van der Waals surface area contributed by atoms with Crippen molar-refractivity contribution in [3.8, 4) is 5.75 Å². The van der Waals surface area contributed by atoms with E-state index in [1.807, 2.05) is 0 Å².